The summed E-state index contributed by atoms with van der Waals surface area (Å²) in [5.74, 6) is 3.62. The highest BCUT2D eigenvalue weighted by Crippen LogP contribution is 2.46. The minimum Gasteiger partial charge on any atom is -0.493 e. The highest BCUT2D eigenvalue weighted by molar-refractivity contribution is 7.99. The van der Waals surface area contributed by atoms with Gasteiger partial charge in [-0.25, -0.2) is 0 Å². The molecule has 2 aliphatic rings. The van der Waals surface area contributed by atoms with E-state index >= 15 is 0 Å². The van der Waals surface area contributed by atoms with Crippen LogP contribution in [0.4, 0.5) is 0 Å². The lowest BCUT2D eigenvalue weighted by Crippen LogP contribution is -2.22. The number of carboxylic acid groups (broad SMARTS) is 1. The largest absolute Gasteiger partial charge is 0.493 e. The molecule has 0 aromatic heterocycles. The van der Waals surface area contributed by atoms with Crippen molar-refractivity contribution in [2.24, 2.45) is 5.92 Å². The fraction of sp³-hybridized carbons (Fsp3) is 0.611. The average Bonchev–Trinajstić information content (AvgIpc) is 3.38. The van der Waals surface area contributed by atoms with E-state index in [0.717, 1.165) is 54.3 Å². The van der Waals surface area contributed by atoms with Crippen LogP contribution in [0.2, 0.25) is 0 Å². The SMILES string of the molecule is COc1ccc(C(CC(=O)O)C2CC2)cc1OC1CCSCC1. The van der Waals surface area contributed by atoms with Crippen molar-refractivity contribution in [1.29, 1.82) is 0 Å². The average molecular weight is 336 g/mol. The summed E-state index contributed by atoms with van der Waals surface area (Å²) in [6, 6.07) is 5.92. The number of ether oxygens (including phenoxy) is 2. The maximum absolute atomic E-state index is 11.2. The molecule has 2 fully saturated rings. The van der Waals surface area contributed by atoms with Crippen molar-refractivity contribution in [3.8, 4) is 11.5 Å². The molecular weight excluding hydrogens is 312 g/mol. The number of hydrogen-bond acceptors (Lipinski definition) is 4. The van der Waals surface area contributed by atoms with Crippen LogP contribution in [0.15, 0.2) is 18.2 Å². The van der Waals surface area contributed by atoms with Gasteiger partial charge in [-0.2, -0.15) is 11.8 Å². The van der Waals surface area contributed by atoms with Crippen LogP contribution in [0.1, 0.15) is 43.6 Å². The molecule has 1 saturated carbocycles. The molecule has 23 heavy (non-hydrogen) atoms. The van der Waals surface area contributed by atoms with Crippen LogP contribution in [0.25, 0.3) is 0 Å². The van der Waals surface area contributed by atoms with Gasteiger partial charge in [0.05, 0.1) is 13.5 Å². The van der Waals surface area contributed by atoms with Crippen molar-refractivity contribution in [1.82, 2.24) is 0 Å². The molecule has 126 valence electrons. The second-order valence-corrected chi connectivity index (χ2v) is 7.61. The third-order valence-corrected chi connectivity index (χ3v) is 5.71. The molecule has 1 atom stereocenters. The zero-order chi connectivity index (χ0) is 16.2. The summed E-state index contributed by atoms with van der Waals surface area (Å²) in [7, 11) is 1.65. The Balaban J connectivity index is 1.80. The number of thioether (sulfide) groups is 1. The molecule has 0 bridgehead atoms. The Bertz CT molecular complexity index is 550. The van der Waals surface area contributed by atoms with Gasteiger partial charge in [0.25, 0.3) is 0 Å². The minimum atomic E-state index is -0.732. The van der Waals surface area contributed by atoms with Gasteiger partial charge in [0, 0.05) is 0 Å². The van der Waals surface area contributed by atoms with E-state index in [4.69, 9.17) is 9.47 Å². The first-order valence-electron chi connectivity index (χ1n) is 8.31. The van der Waals surface area contributed by atoms with Crippen molar-refractivity contribution >= 4 is 17.7 Å². The number of benzene rings is 1. The minimum absolute atomic E-state index is 0.0858. The number of carboxylic acids is 1. The second kappa shape index (κ2) is 7.47. The van der Waals surface area contributed by atoms with Gasteiger partial charge in [0.1, 0.15) is 6.10 Å². The Hall–Kier alpha value is -1.36. The molecule has 1 aliphatic carbocycles. The highest BCUT2D eigenvalue weighted by Gasteiger charge is 2.34. The molecular formula is C18H24O4S. The van der Waals surface area contributed by atoms with Crippen molar-refractivity contribution in [2.45, 2.75) is 44.1 Å². The van der Waals surface area contributed by atoms with Gasteiger partial charge in [0.2, 0.25) is 0 Å². The molecule has 0 spiro atoms. The molecule has 1 aliphatic heterocycles. The monoisotopic (exact) mass is 336 g/mol. The van der Waals surface area contributed by atoms with E-state index in [9.17, 15) is 9.90 Å². The molecule has 0 amide bonds. The van der Waals surface area contributed by atoms with Crippen molar-refractivity contribution in [2.75, 3.05) is 18.6 Å². The topological polar surface area (TPSA) is 55.8 Å². The van der Waals surface area contributed by atoms with Gasteiger partial charge in [-0.05, 0) is 66.7 Å². The lowest BCUT2D eigenvalue weighted by atomic mass is 9.91. The van der Waals surface area contributed by atoms with E-state index in [1.54, 1.807) is 7.11 Å². The predicted molar refractivity (Wildman–Crippen MR) is 91.7 cm³/mol. The van der Waals surface area contributed by atoms with Crippen LogP contribution < -0.4 is 9.47 Å². The smallest absolute Gasteiger partial charge is 0.303 e. The molecule has 1 saturated heterocycles. The van der Waals surface area contributed by atoms with Gasteiger partial charge in [-0.1, -0.05) is 6.07 Å². The fourth-order valence-electron chi connectivity index (χ4n) is 3.23. The molecule has 3 rings (SSSR count). The second-order valence-electron chi connectivity index (χ2n) is 6.38. The number of rotatable bonds is 7. The number of aliphatic carboxylic acids is 1. The normalized spacial score (nSPS) is 20.0. The number of hydrogen-bond donors (Lipinski definition) is 1. The van der Waals surface area contributed by atoms with E-state index in [1.807, 2.05) is 30.0 Å². The zero-order valence-corrected chi connectivity index (χ0v) is 14.3. The first-order valence-corrected chi connectivity index (χ1v) is 9.47. The lowest BCUT2D eigenvalue weighted by molar-refractivity contribution is -0.137. The van der Waals surface area contributed by atoms with E-state index in [2.05, 4.69) is 0 Å². The number of methoxy groups -OCH3 is 1. The Kier molecular flexibility index (Phi) is 5.36. The first-order chi connectivity index (χ1) is 11.2. The fourth-order valence-corrected chi connectivity index (χ4v) is 4.30. The van der Waals surface area contributed by atoms with Gasteiger partial charge < -0.3 is 14.6 Å². The molecule has 4 nitrogen and oxygen atoms in total. The Morgan fingerprint density at radius 1 is 1.26 bits per heavy atom. The summed E-state index contributed by atoms with van der Waals surface area (Å²) < 4.78 is 11.6. The summed E-state index contributed by atoms with van der Waals surface area (Å²) in [5.41, 5.74) is 1.07. The van der Waals surface area contributed by atoms with Crippen LogP contribution >= 0.6 is 11.8 Å². The van der Waals surface area contributed by atoms with E-state index in [-0.39, 0.29) is 18.4 Å². The number of carbonyl (C=O) groups is 1. The summed E-state index contributed by atoms with van der Waals surface area (Å²) in [6.45, 7) is 0. The molecule has 1 aromatic carbocycles. The van der Waals surface area contributed by atoms with Gasteiger partial charge in [-0.3, -0.25) is 4.79 Å². The Morgan fingerprint density at radius 2 is 2.00 bits per heavy atom. The van der Waals surface area contributed by atoms with Crippen LogP contribution in [0, 0.1) is 5.92 Å². The predicted octanol–water partition coefficient (Wildman–Crippen LogP) is 3.94. The molecule has 1 aromatic rings. The van der Waals surface area contributed by atoms with E-state index < -0.39 is 5.97 Å². The van der Waals surface area contributed by atoms with E-state index in [0.29, 0.717) is 5.92 Å². The summed E-state index contributed by atoms with van der Waals surface area (Å²) in [5, 5.41) is 9.19. The summed E-state index contributed by atoms with van der Waals surface area (Å²) in [4.78, 5) is 11.2. The highest BCUT2D eigenvalue weighted by atomic mass is 32.2. The first kappa shape index (κ1) is 16.5. The van der Waals surface area contributed by atoms with Gasteiger partial charge in [-0.15, -0.1) is 0 Å². The van der Waals surface area contributed by atoms with Crippen LogP contribution in [-0.4, -0.2) is 35.8 Å². The van der Waals surface area contributed by atoms with Crippen LogP contribution in [0.3, 0.4) is 0 Å². The van der Waals surface area contributed by atoms with Gasteiger partial charge in [0.15, 0.2) is 11.5 Å². The van der Waals surface area contributed by atoms with Crippen molar-refractivity contribution < 1.29 is 19.4 Å². The zero-order valence-electron chi connectivity index (χ0n) is 13.5. The third kappa shape index (κ3) is 4.34. The van der Waals surface area contributed by atoms with Gasteiger partial charge >= 0.3 is 5.97 Å². The molecule has 1 heterocycles. The van der Waals surface area contributed by atoms with Crippen LogP contribution in [0.5, 0.6) is 11.5 Å². The molecule has 0 radical (unpaired) electrons. The molecule has 5 heteroatoms. The van der Waals surface area contributed by atoms with Crippen molar-refractivity contribution in [3.05, 3.63) is 23.8 Å². The Labute approximate surface area is 141 Å². The van der Waals surface area contributed by atoms with Crippen molar-refractivity contribution in [3.63, 3.8) is 0 Å². The lowest BCUT2D eigenvalue weighted by Gasteiger charge is -2.25. The quantitative estimate of drug-likeness (QED) is 0.817. The summed E-state index contributed by atoms with van der Waals surface area (Å²) in [6.07, 6.45) is 4.79. The Morgan fingerprint density at radius 3 is 2.61 bits per heavy atom. The third-order valence-electron chi connectivity index (χ3n) is 4.66. The maximum atomic E-state index is 11.2. The van der Waals surface area contributed by atoms with Crippen LogP contribution in [-0.2, 0) is 4.79 Å². The molecule has 1 unspecified atom stereocenters. The van der Waals surface area contributed by atoms with E-state index in [1.165, 1.54) is 0 Å². The summed E-state index contributed by atoms with van der Waals surface area (Å²) >= 11 is 1.97. The molecule has 1 N–H and O–H groups in total. The maximum Gasteiger partial charge on any atom is 0.303 e. The standard InChI is InChI=1S/C18H24O4S/c1-21-16-5-4-13(15(11-18(19)20)12-2-3-12)10-17(16)22-14-6-8-23-9-7-14/h4-5,10,12,14-15H,2-3,6-9,11H2,1H3,(H,19,20).